The highest BCUT2D eigenvalue weighted by atomic mass is 32.5. The van der Waals surface area contributed by atoms with Crippen LogP contribution in [0.1, 0.15) is 0 Å². The third-order valence-corrected chi connectivity index (χ3v) is 6.83. The zero-order chi connectivity index (χ0) is 10.9. The van der Waals surface area contributed by atoms with E-state index in [0.717, 1.165) is 0 Å². The van der Waals surface area contributed by atoms with E-state index >= 15 is 0 Å². The standard InChI is InChI=1S/C3H10F4N2P2SSi/c1-13(2,3)9-10(4,5)8-11(6,7)12/h9H,1-3H3. The SMILES string of the molecule is C[Si](C)(C)NP(F)(F)=NP(F)(F)=S. The number of hydrogen-bond donors (Lipinski definition) is 1. The molecule has 0 aromatic heterocycles. The maximum Gasteiger partial charge on any atom is 0.388 e. The average Bonchev–Trinajstić information content (AvgIpc) is 1.43. The van der Waals surface area contributed by atoms with Crippen molar-refractivity contribution in [2.75, 3.05) is 0 Å². The molecule has 0 amide bonds. The minimum Gasteiger partial charge on any atom is -0.254 e. The Morgan fingerprint density at radius 3 is 1.77 bits per heavy atom. The van der Waals surface area contributed by atoms with Crippen LogP contribution in [-0.4, -0.2) is 8.24 Å². The molecule has 0 aliphatic rings. The summed E-state index contributed by atoms with van der Waals surface area (Å²) in [7, 11) is -7.35. The molecule has 0 aliphatic heterocycles. The molecule has 0 unspecified atom stereocenters. The number of nitrogens with one attached hydrogen (secondary N) is 1. The fourth-order valence-corrected chi connectivity index (χ4v) is 6.24. The van der Waals surface area contributed by atoms with Crippen molar-refractivity contribution in [1.82, 2.24) is 4.75 Å². The summed E-state index contributed by atoms with van der Waals surface area (Å²) in [6.07, 6.45) is 0. The molecule has 10 heteroatoms. The van der Waals surface area contributed by atoms with Gasteiger partial charge in [0.25, 0.3) is 0 Å². The first-order chi connectivity index (χ1) is 5.41. The van der Waals surface area contributed by atoms with Gasteiger partial charge in [0.15, 0.2) is 0 Å². The second kappa shape index (κ2) is 4.11. The van der Waals surface area contributed by atoms with E-state index in [4.69, 9.17) is 0 Å². The van der Waals surface area contributed by atoms with Gasteiger partial charge >= 0.3 is 14.6 Å². The molecule has 0 saturated carbocycles. The summed E-state index contributed by atoms with van der Waals surface area (Å²) in [5.74, 6) is 0. The fraction of sp³-hybridized carbons (Fsp3) is 1.00. The second-order valence-electron chi connectivity index (χ2n) is 3.37. The highest BCUT2D eigenvalue weighted by Crippen LogP contribution is 2.64. The lowest BCUT2D eigenvalue weighted by atomic mass is 11.8. The molecule has 80 valence electrons. The summed E-state index contributed by atoms with van der Waals surface area (Å²) in [5.41, 5.74) is 0. The molecule has 0 atom stereocenters. The molecule has 0 spiro atoms. The van der Waals surface area contributed by atoms with Crippen molar-refractivity contribution >= 4 is 34.7 Å². The van der Waals surface area contributed by atoms with Crippen LogP contribution in [0.25, 0.3) is 0 Å². The molecule has 0 radical (unpaired) electrons. The van der Waals surface area contributed by atoms with Crippen molar-refractivity contribution in [3.63, 3.8) is 0 Å². The maximum atomic E-state index is 12.8. The van der Waals surface area contributed by atoms with Crippen LogP contribution >= 0.6 is 14.6 Å². The molecule has 2 nitrogen and oxygen atoms in total. The van der Waals surface area contributed by atoms with Crippen LogP contribution < -0.4 is 4.75 Å². The number of nitrogens with zero attached hydrogens (tertiary/aromatic N) is 1. The van der Waals surface area contributed by atoms with Crippen LogP contribution in [0.15, 0.2) is 4.52 Å². The molecule has 0 bridgehead atoms. The van der Waals surface area contributed by atoms with Gasteiger partial charge in [-0.05, 0) is 11.8 Å². The first kappa shape index (κ1) is 13.8. The highest BCUT2D eigenvalue weighted by Gasteiger charge is 2.30. The van der Waals surface area contributed by atoms with Crippen LogP contribution in [0.4, 0.5) is 16.8 Å². The number of hydrogen-bond acceptors (Lipinski definition) is 1. The summed E-state index contributed by atoms with van der Waals surface area (Å²) in [6, 6.07) is 0. The van der Waals surface area contributed by atoms with Gasteiger partial charge in [-0.15, -0.1) is 4.52 Å². The molecule has 0 saturated heterocycles. The Labute approximate surface area is 80.9 Å². The quantitative estimate of drug-likeness (QED) is 0.466. The lowest BCUT2D eigenvalue weighted by molar-refractivity contribution is 0.700. The molecular weight excluding hydrogens is 262 g/mol. The Hall–Kier alpha value is 0.777. The average molecular weight is 272 g/mol. The molecule has 13 heavy (non-hydrogen) atoms. The summed E-state index contributed by atoms with van der Waals surface area (Å²) in [6.45, 7) is -0.417. The van der Waals surface area contributed by atoms with Crippen molar-refractivity contribution in [3.05, 3.63) is 0 Å². The Balaban J connectivity index is 4.79. The van der Waals surface area contributed by atoms with Gasteiger partial charge in [0.05, 0.1) is 0 Å². The Morgan fingerprint density at radius 2 is 1.54 bits per heavy atom. The van der Waals surface area contributed by atoms with E-state index in [-0.39, 0.29) is 0 Å². The predicted molar refractivity (Wildman–Crippen MR) is 54.5 cm³/mol. The summed E-state index contributed by atoms with van der Waals surface area (Å²) in [5, 5.41) is 0. The molecule has 0 fully saturated rings. The topological polar surface area (TPSA) is 24.4 Å². The van der Waals surface area contributed by atoms with E-state index < -0.39 is 22.9 Å². The Bertz CT molecular complexity index is 278. The van der Waals surface area contributed by atoms with Crippen molar-refractivity contribution in [3.8, 4) is 0 Å². The van der Waals surface area contributed by atoms with Crippen LogP contribution in [0.3, 0.4) is 0 Å². The summed E-state index contributed by atoms with van der Waals surface area (Å²) >= 11 is 3.56. The van der Waals surface area contributed by atoms with E-state index in [0.29, 0.717) is 0 Å². The molecular formula is C3H10F4N2P2SSi. The van der Waals surface area contributed by atoms with Crippen LogP contribution in [-0.2, 0) is 11.8 Å². The zero-order valence-corrected chi connectivity index (χ0v) is 10.9. The summed E-state index contributed by atoms with van der Waals surface area (Å²) in [4.78, 5) is 0. The van der Waals surface area contributed by atoms with Crippen LogP contribution in [0.2, 0.25) is 19.6 Å². The lowest BCUT2D eigenvalue weighted by Gasteiger charge is -2.19. The lowest BCUT2D eigenvalue weighted by Crippen LogP contribution is -2.36. The van der Waals surface area contributed by atoms with Gasteiger partial charge in [-0.1, -0.05) is 19.6 Å². The predicted octanol–water partition coefficient (Wildman–Crippen LogP) is 4.46. The van der Waals surface area contributed by atoms with Gasteiger partial charge < -0.3 is 0 Å². The first-order valence-corrected chi connectivity index (χ1v) is 10.8. The van der Waals surface area contributed by atoms with E-state index in [2.05, 4.69) is 16.3 Å². The largest absolute Gasteiger partial charge is 0.388 e. The minimum atomic E-state index is -5.16. The Kier molecular flexibility index (Phi) is 4.35. The minimum absolute atomic E-state index is 1.58. The third-order valence-electron chi connectivity index (χ3n) is 0.686. The van der Waals surface area contributed by atoms with E-state index in [1.807, 2.05) is 4.75 Å². The molecule has 0 heterocycles. The molecule has 0 rings (SSSR count). The zero-order valence-electron chi connectivity index (χ0n) is 7.26. The van der Waals surface area contributed by atoms with Crippen molar-refractivity contribution in [2.24, 2.45) is 4.52 Å². The highest BCUT2D eigenvalue weighted by molar-refractivity contribution is 8.10. The Morgan fingerprint density at radius 1 is 1.15 bits per heavy atom. The monoisotopic (exact) mass is 272 g/mol. The molecule has 0 aromatic rings. The van der Waals surface area contributed by atoms with Crippen molar-refractivity contribution in [1.29, 1.82) is 0 Å². The molecule has 1 N–H and O–H groups in total. The molecule has 0 aromatic carbocycles. The van der Waals surface area contributed by atoms with E-state index in [1.165, 1.54) is 0 Å². The van der Waals surface area contributed by atoms with Gasteiger partial charge in [-0.2, -0.15) is 16.8 Å². The van der Waals surface area contributed by atoms with Crippen LogP contribution in [0.5, 0.6) is 0 Å². The van der Waals surface area contributed by atoms with Crippen LogP contribution in [0, 0.1) is 0 Å². The van der Waals surface area contributed by atoms with Gasteiger partial charge in [0.1, 0.15) is 8.24 Å². The number of halogens is 4. The van der Waals surface area contributed by atoms with Gasteiger partial charge in [0, 0.05) is 0 Å². The summed E-state index contributed by atoms with van der Waals surface area (Å²) < 4.78 is 53.7. The fourth-order valence-electron chi connectivity index (χ4n) is 0.557. The maximum absolute atomic E-state index is 12.8. The van der Waals surface area contributed by atoms with Crippen molar-refractivity contribution in [2.45, 2.75) is 19.6 Å². The van der Waals surface area contributed by atoms with E-state index in [9.17, 15) is 16.8 Å². The van der Waals surface area contributed by atoms with Gasteiger partial charge in [0.2, 0.25) is 0 Å². The molecule has 0 aliphatic carbocycles. The third kappa shape index (κ3) is 9.09. The van der Waals surface area contributed by atoms with Crippen molar-refractivity contribution < 1.29 is 16.8 Å². The second-order valence-corrected chi connectivity index (χ2v) is 12.6. The first-order valence-electron chi connectivity index (χ1n) is 3.23. The normalized spacial score (nSPS) is 14.4. The number of rotatable bonds is 3. The van der Waals surface area contributed by atoms with Gasteiger partial charge in [-0.25, -0.2) is 0 Å². The van der Waals surface area contributed by atoms with Gasteiger partial charge in [-0.3, -0.25) is 4.75 Å². The van der Waals surface area contributed by atoms with E-state index in [1.54, 1.807) is 19.6 Å². The smallest absolute Gasteiger partial charge is 0.254 e.